The van der Waals surface area contributed by atoms with Crippen LogP contribution in [-0.4, -0.2) is 35.3 Å². The molecule has 4 heteroatoms. The second-order valence-electron chi connectivity index (χ2n) is 5.54. The third kappa shape index (κ3) is 3.09. The van der Waals surface area contributed by atoms with Crippen LogP contribution in [0.2, 0.25) is 0 Å². The molecule has 1 aliphatic heterocycles. The molecule has 4 nitrogen and oxygen atoms in total. The van der Waals surface area contributed by atoms with Gasteiger partial charge in [-0.25, -0.2) is 0 Å². The van der Waals surface area contributed by atoms with E-state index in [4.69, 9.17) is 6.42 Å². The molecule has 0 aromatic rings. The van der Waals surface area contributed by atoms with E-state index in [2.05, 4.69) is 11.2 Å². The number of terminal acetylenes is 1. The number of carbonyl (C=O) groups excluding carboxylic acids is 2. The standard InChI is InChI=1S/C15H22N2O2/c1-2-3-7-11-17-12-8-13(18)16-15(14(17)19)9-5-4-6-10-15/h1H,3-12H2,(H,16,18). The number of nitrogens with one attached hydrogen (secondary N) is 1. The number of hydrogen-bond acceptors (Lipinski definition) is 2. The molecule has 1 N–H and O–H groups in total. The minimum Gasteiger partial charge on any atom is -0.342 e. The van der Waals surface area contributed by atoms with Crippen molar-refractivity contribution in [2.24, 2.45) is 0 Å². The minimum atomic E-state index is -0.623. The quantitative estimate of drug-likeness (QED) is 0.618. The first-order valence-corrected chi connectivity index (χ1v) is 7.22. The topological polar surface area (TPSA) is 49.4 Å². The van der Waals surface area contributed by atoms with Gasteiger partial charge in [0.1, 0.15) is 5.54 Å². The molecule has 1 saturated carbocycles. The highest BCUT2D eigenvalue weighted by atomic mass is 16.2. The van der Waals surface area contributed by atoms with E-state index >= 15 is 0 Å². The molecule has 104 valence electrons. The van der Waals surface area contributed by atoms with Crippen molar-refractivity contribution in [3.8, 4) is 12.3 Å². The van der Waals surface area contributed by atoms with Gasteiger partial charge < -0.3 is 10.2 Å². The van der Waals surface area contributed by atoms with Crippen LogP contribution in [0.1, 0.15) is 51.4 Å². The van der Waals surface area contributed by atoms with E-state index in [-0.39, 0.29) is 11.8 Å². The smallest absolute Gasteiger partial charge is 0.248 e. The normalized spacial score (nSPS) is 22.8. The maximum Gasteiger partial charge on any atom is 0.248 e. The number of unbranched alkanes of at least 4 members (excludes halogenated alkanes) is 1. The zero-order chi connectivity index (χ0) is 13.7. The summed E-state index contributed by atoms with van der Waals surface area (Å²) in [6.45, 7) is 1.19. The van der Waals surface area contributed by atoms with Gasteiger partial charge in [-0.3, -0.25) is 9.59 Å². The molecule has 0 atom stereocenters. The van der Waals surface area contributed by atoms with Crippen molar-refractivity contribution >= 4 is 11.8 Å². The first kappa shape index (κ1) is 13.9. The zero-order valence-electron chi connectivity index (χ0n) is 11.4. The monoisotopic (exact) mass is 262 g/mol. The van der Waals surface area contributed by atoms with E-state index in [0.29, 0.717) is 25.9 Å². The van der Waals surface area contributed by atoms with Crippen molar-refractivity contribution in [2.75, 3.05) is 13.1 Å². The molecule has 2 rings (SSSR count). The second-order valence-corrected chi connectivity index (χ2v) is 5.54. The van der Waals surface area contributed by atoms with Crippen molar-refractivity contribution in [1.82, 2.24) is 10.2 Å². The van der Waals surface area contributed by atoms with E-state index in [1.54, 1.807) is 0 Å². The lowest BCUT2D eigenvalue weighted by atomic mass is 9.80. The van der Waals surface area contributed by atoms with E-state index < -0.39 is 5.54 Å². The minimum absolute atomic E-state index is 0.00898. The van der Waals surface area contributed by atoms with Crippen molar-refractivity contribution in [1.29, 1.82) is 0 Å². The van der Waals surface area contributed by atoms with Crippen LogP contribution in [-0.2, 0) is 9.59 Å². The molecule has 0 bridgehead atoms. The molecule has 0 aromatic carbocycles. The van der Waals surface area contributed by atoms with E-state index in [1.165, 1.54) is 0 Å². The number of hydrogen-bond donors (Lipinski definition) is 1. The molecule has 2 amide bonds. The lowest BCUT2D eigenvalue weighted by Crippen LogP contribution is -2.58. The Morgan fingerprint density at radius 1 is 1.26 bits per heavy atom. The Balaban J connectivity index is 2.10. The maximum absolute atomic E-state index is 12.7. The van der Waals surface area contributed by atoms with E-state index in [1.807, 2.05) is 4.90 Å². The van der Waals surface area contributed by atoms with Gasteiger partial charge in [-0.15, -0.1) is 12.3 Å². The molecule has 19 heavy (non-hydrogen) atoms. The largest absolute Gasteiger partial charge is 0.342 e. The van der Waals surface area contributed by atoms with Gasteiger partial charge in [0.2, 0.25) is 11.8 Å². The number of nitrogens with zero attached hydrogens (tertiary/aromatic N) is 1. The highest BCUT2D eigenvalue weighted by Gasteiger charge is 2.44. The average molecular weight is 262 g/mol. The predicted octanol–water partition coefficient (Wildman–Crippen LogP) is 1.45. The summed E-state index contributed by atoms with van der Waals surface area (Å²) in [5.74, 6) is 2.71. The number of amides is 2. The Hall–Kier alpha value is -1.50. The van der Waals surface area contributed by atoms with Gasteiger partial charge in [-0.1, -0.05) is 19.3 Å². The fraction of sp³-hybridized carbons (Fsp3) is 0.733. The Kier molecular flexibility index (Phi) is 4.47. The van der Waals surface area contributed by atoms with E-state index in [9.17, 15) is 9.59 Å². The van der Waals surface area contributed by atoms with Crippen LogP contribution >= 0.6 is 0 Å². The van der Waals surface area contributed by atoms with Crippen LogP contribution in [0.25, 0.3) is 0 Å². The van der Waals surface area contributed by atoms with Crippen molar-refractivity contribution < 1.29 is 9.59 Å². The summed E-state index contributed by atoms with van der Waals surface area (Å²) in [5.41, 5.74) is -0.623. The van der Waals surface area contributed by atoms with Crippen LogP contribution < -0.4 is 5.32 Å². The average Bonchev–Trinajstić information content (AvgIpc) is 2.52. The first-order valence-electron chi connectivity index (χ1n) is 7.22. The number of carbonyl (C=O) groups is 2. The Morgan fingerprint density at radius 2 is 2.00 bits per heavy atom. The summed E-state index contributed by atoms with van der Waals surface area (Å²) in [4.78, 5) is 26.4. The SMILES string of the molecule is C#CCCCN1CCC(=O)NC2(CCCCC2)C1=O. The zero-order valence-corrected chi connectivity index (χ0v) is 11.4. The molecule has 1 saturated heterocycles. The predicted molar refractivity (Wildman–Crippen MR) is 73.2 cm³/mol. The third-order valence-corrected chi connectivity index (χ3v) is 4.14. The van der Waals surface area contributed by atoms with Gasteiger partial charge >= 0.3 is 0 Å². The highest BCUT2D eigenvalue weighted by molar-refractivity contribution is 5.93. The third-order valence-electron chi connectivity index (χ3n) is 4.14. The molecular formula is C15H22N2O2. The van der Waals surface area contributed by atoms with Crippen LogP contribution in [0.15, 0.2) is 0 Å². The lowest BCUT2D eigenvalue weighted by Gasteiger charge is -2.38. The molecule has 2 fully saturated rings. The Morgan fingerprint density at radius 3 is 2.68 bits per heavy atom. The molecule has 0 aromatic heterocycles. The van der Waals surface area contributed by atoms with Crippen LogP contribution in [0.5, 0.6) is 0 Å². The van der Waals surface area contributed by atoms with Gasteiger partial charge in [0.25, 0.3) is 0 Å². The summed E-state index contributed by atoms with van der Waals surface area (Å²) < 4.78 is 0. The molecule has 1 heterocycles. The molecule has 1 spiro atoms. The van der Waals surface area contributed by atoms with Crippen molar-refractivity contribution in [3.63, 3.8) is 0 Å². The van der Waals surface area contributed by atoms with Gasteiger partial charge in [0, 0.05) is 25.9 Å². The van der Waals surface area contributed by atoms with Gasteiger partial charge in [-0.05, 0) is 19.3 Å². The maximum atomic E-state index is 12.7. The fourth-order valence-electron chi connectivity index (χ4n) is 3.10. The second kappa shape index (κ2) is 6.10. The van der Waals surface area contributed by atoms with Gasteiger partial charge in [0.15, 0.2) is 0 Å². The fourth-order valence-corrected chi connectivity index (χ4v) is 3.10. The first-order chi connectivity index (χ1) is 9.18. The molecule has 1 aliphatic carbocycles. The molecule has 0 unspecified atom stereocenters. The molecule has 0 radical (unpaired) electrons. The molecule has 2 aliphatic rings. The lowest BCUT2D eigenvalue weighted by molar-refractivity contribution is -0.140. The summed E-state index contributed by atoms with van der Waals surface area (Å²) in [6, 6.07) is 0. The number of rotatable bonds is 3. The van der Waals surface area contributed by atoms with Crippen LogP contribution in [0.4, 0.5) is 0 Å². The van der Waals surface area contributed by atoms with Crippen molar-refractivity contribution in [3.05, 3.63) is 0 Å². The van der Waals surface area contributed by atoms with Gasteiger partial charge in [-0.2, -0.15) is 0 Å². The van der Waals surface area contributed by atoms with Crippen LogP contribution in [0, 0.1) is 12.3 Å². The summed E-state index contributed by atoms with van der Waals surface area (Å²) in [5, 5.41) is 2.99. The Bertz CT molecular complexity index is 391. The Labute approximate surface area is 114 Å². The summed E-state index contributed by atoms with van der Waals surface area (Å²) >= 11 is 0. The summed E-state index contributed by atoms with van der Waals surface area (Å²) in [7, 11) is 0. The van der Waals surface area contributed by atoms with E-state index in [0.717, 1.165) is 38.5 Å². The van der Waals surface area contributed by atoms with Crippen molar-refractivity contribution in [2.45, 2.75) is 56.9 Å². The summed E-state index contributed by atoms with van der Waals surface area (Å²) in [6.07, 6.45) is 11.9. The van der Waals surface area contributed by atoms with Gasteiger partial charge in [0.05, 0.1) is 0 Å². The molecular weight excluding hydrogens is 240 g/mol. The highest BCUT2D eigenvalue weighted by Crippen LogP contribution is 2.31. The van der Waals surface area contributed by atoms with Crippen LogP contribution in [0.3, 0.4) is 0 Å².